The molecular formula is C12H21O2S2-. The molecule has 0 aromatic rings. The van der Waals surface area contributed by atoms with Crippen molar-refractivity contribution >= 4 is 20.9 Å². The van der Waals surface area contributed by atoms with Gasteiger partial charge in [-0.05, 0) is 38.5 Å². The average Bonchev–Trinajstić information content (AvgIpc) is 2.17. The van der Waals surface area contributed by atoms with Gasteiger partial charge in [0.05, 0.1) is 0 Å². The summed E-state index contributed by atoms with van der Waals surface area (Å²) >= 11 is 0. The molecule has 0 aliphatic rings. The maximum atomic E-state index is 10.7. The minimum absolute atomic E-state index is 0.199. The molecule has 0 aromatic carbocycles. The van der Waals surface area contributed by atoms with Crippen LogP contribution in [-0.4, -0.2) is 14.0 Å². The summed E-state index contributed by atoms with van der Waals surface area (Å²) < 4.78 is 21.4. The van der Waals surface area contributed by atoms with Gasteiger partial charge in [-0.1, -0.05) is 35.9 Å². The molecule has 0 aromatic heterocycles. The Morgan fingerprint density at radius 1 is 1.56 bits per heavy atom. The fraction of sp³-hybridized carbons (Fsp3) is 0.667. The van der Waals surface area contributed by atoms with E-state index < -0.39 is 10.1 Å². The van der Waals surface area contributed by atoms with E-state index in [-0.39, 0.29) is 5.25 Å². The van der Waals surface area contributed by atoms with E-state index >= 15 is 0 Å². The molecule has 94 valence electrons. The molecular weight excluding hydrogens is 240 g/mol. The first-order valence-electron chi connectivity index (χ1n) is 5.58. The zero-order valence-corrected chi connectivity index (χ0v) is 11.7. The van der Waals surface area contributed by atoms with E-state index in [1.54, 1.807) is 0 Å². The van der Waals surface area contributed by atoms with Crippen LogP contribution in [0.1, 0.15) is 39.5 Å². The summed E-state index contributed by atoms with van der Waals surface area (Å²) in [5.74, 6) is 0.504. The molecule has 4 heteroatoms. The highest BCUT2D eigenvalue weighted by molar-refractivity contribution is 8.67. The van der Waals surface area contributed by atoms with Crippen molar-refractivity contribution in [1.82, 2.24) is 0 Å². The van der Waals surface area contributed by atoms with Crippen molar-refractivity contribution in [3.05, 3.63) is 24.8 Å². The van der Waals surface area contributed by atoms with E-state index in [0.29, 0.717) is 5.92 Å². The summed E-state index contributed by atoms with van der Waals surface area (Å²) in [6.07, 6.45) is 9.74. The molecule has 0 radical (unpaired) electrons. The highest BCUT2D eigenvalue weighted by atomic mass is 33.1. The molecule has 0 spiro atoms. The predicted molar refractivity (Wildman–Crippen MR) is 72.9 cm³/mol. The standard InChI is InChI=1S/C12H22O2S2/c1-4-6-7-9-12(15-16(13)14)10-11(3)8-5-2/h4-6,11-12H,2,7-10H2,1,3H3,(H,13,14)/p-1. The van der Waals surface area contributed by atoms with Crippen LogP contribution in [0.2, 0.25) is 0 Å². The molecule has 0 rings (SSSR count). The van der Waals surface area contributed by atoms with Gasteiger partial charge in [0.2, 0.25) is 0 Å². The first-order valence-corrected chi connectivity index (χ1v) is 8.05. The highest BCUT2D eigenvalue weighted by Crippen LogP contribution is 2.27. The summed E-state index contributed by atoms with van der Waals surface area (Å²) in [6, 6.07) is 0. The van der Waals surface area contributed by atoms with Crippen LogP contribution >= 0.6 is 10.8 Å². The first-order chi connectivity index (χ1) is 7.60. The zero-order chi connectivity index (χ0) is 12.4. The molecule has 0 aliphatic carbocycles. The van der Waals surface area contributed by atoms with Gasteiger partial charge >= 0.3 is 0 Å². The second-order valence-electron chi connectivity index (χ2n) is 3.93. The molecule has 0 bridgehead atoms. The smallest absolute Gasteiger partial charge is 0.0170 e. The molecule has 2 nitrogen and oxygen atoms in total. The average molecular weight is 261 g/mol. The van der Waals surface area contributed by atoms with Crippen LogP contribution in [0.4, 0.5) is 0 Å². The minimum Gasteiger partial charge on any atom is -0.764 e. The van der Waals surface area contributed by atoms with E-state index in [1.807, 2.05) is 19.1 Å². The normalized spacial score (nSPS) is 17.2. The molecule has 3 atom stereocenters. The number of rotatable bonds is 9. The van der Waals surface area contributed by atoms with Crippen LogP contribution in [0.25, 0.3) is 0 Å². The maximum Gasteiger partial charge on any atom is 0.0170 e. The Kier molecular flexibility index (Phi) is 10.1. The molecule has 0 saturated heterocycles. The zero-order valence-electron chi connectivity index (χ0n) is 10.1. The Labute approximate surface area is 105 Å². The molecule has 0 fully saturated rings. The number of hydrogen-bond acceptors (Lipinski definition) is 3. The van der Waals surface area contributed by atoms with Crippen molar-refractivity contribution in [3.8, 4) is 0 Å². The number of allylic oxidation sites excluding steroid dienone is 3. The molecule has 0 N–H and O–H groups in total. The van der Waals surface area contributed by atoms with Gasteiger partial charge in [0.25, 0.3) is 0 Å². The van der Waals surface area contributed by atoms with Gasteiger partial charge in [-0.15, -0.1) is 6.58 Å². The largest absolute Gasteiger partial charge is 0.764 e. The Morgan fingerprint density at radius 2 is 2.25 bits per heavy atom. The third kappa shape index (κ3) is 9.19. The van der Waals surface area contributed by atoms with E-state index in [4.69, 9.17) is 0 Å². The highest BCUT2D eigenvalue weighted by Gasteiger charge is 2.13. The van der Waals surface area contributed by atoms with Crippen molar-refractivity contribution in [2.75, 3.05) is 0 Å². The van der Waals surface area contributed by atoms with Crippen LogP contribution in [0.5, 0.6) is 0 Å². The van der Waals surface area contributed by atoms with Gasteiger partial charge in [-0.3, -0.25) is 4.21 Å². The molecule has 16 heavy (non-hydrogen) atoms. The van der Waals surface area contributed by atoms with Crippen LogP contribution in [0.3, 0.4) is 0 Å². The van der Waals surface area contributed by atoms with Gasteiger partial charge < -0.3 is 4.55 Å². The lowest BCUT2D eigenvalue weighted by molar-refractivity contribution is 0.514. The Morgan fingerprint density at radius 3 is 2.75 bits per heavy atom. The lowest BCUT2D eigenvalue weighted by atomic mass is 9.99. The Hall–Kier alpha value is -0.0600. The van der Waals surface area contributed by atoms with Crippen molar-refractivity contribution in [2.45, 2.75) is 44.8 Å². The van der Waals surface area contributed by atoms with Gasteiger partial charge in [0.15, 0.2) is 0 Å². The van der Waals surface area contributed by atoms with E-state index in [0.717, 1.165) is 36.5 Å². The van der Waals surface area contributed by atoms with Crippen molar-refractivity contribution < 1.29 is 8.76 Å². The molecule has 0 heterocycles. The lowest BCUT2D eigenvalue weighted by Gasteiger charge is -2.20. The Balaban J connectivity index is 4.07. The molecule has 0 aliphatic heterocycles. The predicted octanol–water partition coefficient (Wildman–Crippen LogP) is 3.84. The number of hydrogen-bond donors (Lipinski definition) is 0. The van der Waals surface area contributed by atoms with Gasteiger partial charge in [0.1, 0.15) is 0 Å². The Bertz CT molecular complexity index is 239. The van der Waals surface area contributed by atoms with Crippen LogP contribution in [0, 0.1) is 5.92 Å². The van der Waals surface area contributed by atoms with Crippen molar-refractivity contribution in [3.63, 3.8) is 0 Å². The van der Waals surface area contributed by atoms with Gasteiger partial charge in [-0.25, -0.2) is 0 Å². The monoisotopic (exact) mass is 261 g/mol. The van der Waals surface area contributed by atoms with E-state index in [1.165, 1.54) is 0 Å². The first kappa shape index (κ1) is 15.9. The molecule has 0 amide bonds. The molecule has 0 saturated carbocycles. The lowest BCUT2D eigenvalue weighted by Crippen LogP contribution is -2.09. The topological polar surface area (TPSA) is 40.1 Å². The molecule has 3 unspecified atom stereocenters. The van der Waals surface area contributed by atoms with Gasteiger partial charge in [0, 0.05) is 15.4 Å². The van der Waals surface area contributed by atoms with E-state index in [2.05, 4.69) is 19.6 Å². The fourth-order valence-electron chi connectivity index (χ4n) is 1.59. The SMILES string of the molecule is C=CCC(C)CC(CCC=CC)SS(=O)[O-]. The summed E-state index contributed by atoms with van der Waals surface area (Å²) in [5, 5.41) is 0.199. The van der Waals surface area contributed by atoms with Crippen molar-refractivity contribution in [1.29, 1.82) is 0 Å². The summed E-state index contributed by atoms with van der Waals surface area (Å²) in [7, 11) is -0.952. The second kappa shape index (κ2) is 10.1. The van der Waals surface area contributed by atoms with Crippen molar-refractivity contribution in [2.24, 2.45) is 5.92 Å². The van der Waals surface area contributed by atoms with Gasteiger partial charge in [-0.2, -0.15) is 0 Å². The fourth-order valence-corrected chi connectivity index (χ4v) is 3.65. The van der Waals surface area contributed by atoms with Crippen LogP contribution in [0.15, 0.2) is 24.8 Å². The maximum absolute atomic E-state index is 10.7. The van der Waals surface area contributed by atoms with Crippen LogP contribution < -0.4 is 0 Å². The quantitative estimate of drug-likeness (QED) is 0.360. The minimum atomic E-state index is -2.00. The summed E-state index contributed by atoms with van der Waals surface area (Å²) in [6.45, 7) is 7.82. The van der Waals surface area contributed by atoms with Crippen LogP contribution in [-0.2, 0) is 10.1 Å². The third-order valence-electron chi connectivity index (χ3n) is 2.34. The van der Waals surface area contributed by atoms with E-state index in [9.17, 15) is 8.76 Å². The third-order valence-corrected chi connectivity index (χ3v) is 4.49. The summed E-state index contributed by atoms with van der Waals surface area (Å²) in [4.78, 5) is 0. The second-order valence-corrected chi connectivity index (χ2v) is 6.60. The summed E-state index contributed by atoms with van der Waals surface area (Å²) in [5.41, 5.74) is 0.